The minimum atomic E-state index is -0.578. The first-order valence-corrected chi connectivity index (χ1v) is 8.62. The van der Waals surface area contributed by atoms with Gasteiger partial charge in [0, 0.05) is 10.7 Å². The molecule has 1 aliphatic heterocycles. The molecule has 1 heterocycles. The molecule has 6 nitrogen and oxygen atoms in total. The summed E-state index contributed by atoms with van der Waals surface area (Å²) in [6, 6.07) is 13.1. The van der Waals surface area contributed by atoms with Gasteiger partial charge in [-0.2, -0.15) is 0 Å². The van der Waals surface area contributed by atoms with Crippen molar-refractivity contribution in [2.75, 3.05) is 12.4 Å². The molecule has 138 valence electrons. The quantitative estimate of drug-likeness (QED) is 0.608. The van der Waals surface area contributed by atoms with E-state index >= 15 is 0 Å². The standard InChI is InChI=1S/C19H14Cl2N2O4/c1-27-19(26)12-4-8-14(9-5-12)22-16-15(21)17(24)23(18(16)25)10-11-2-6-13(20)7-3-11/h2-9,22H,10H2,1H3. The summed E-state index contributed by atoms with van der Waals surface area (Å²) in [6.07, 6.45) is 0. The fraction of sp³-hybridized carbons (Fsp3) is 0.105. The lowest BCUT2D eigenvalue weighted by molar-refractivity contribution is -0.138. The third kappa shape index (κ3) is 3.97. The lowest BCUT2D eigenvalue weighted by Crippen LogP contribution is -2.31. The first-order chi connectivity index (χ1) is 12.9. The van der Waals surface area contributed by atoms with Crippen molar-refractivity contribution in [2.24, 2.45) is 0 Å². The first-order valence-electron chi connectivity index (χ1n) is 7.86. The average molecular weight is 405 g/mol. The summed E-state index contributed by atoms with van der Waals surface area (Å²) in [5, 5.41) is 3.22. The van der Waals surface area contributed by atoms with Crippen LogP contribution in [0, 0.1) is 0 Å². The van der Waals surface area contributed by atoms with Gasteiger partial charge in [0.1, 0.15) is 10.7 Å². The largest absolute Gasteiger partial charge is 0.465 e. The highest BCUT2D eigenvalue weighted by Gasteiger charge is 2.37. The van der Waals surface area contributed by atoms with Gasteiger partial charge in [0.2, 0.25) is 0 Å². The second kappa shape index (κ2) is 7.82. The third-order valence-corrected chi connectivity index (χ3v) is 4.54. The number of carbonyl (C=O) groups is 3. The summed E-state index contributed by atoms with van der Waals surface area (Å²) in [7, 11) is 1.29. The van der Waals surface area contributed by atoms with Crippen molar-refractivity contribution in [1.82, 2.24) is 4.90 Å². The Balaban J connectivity index is 1.76. The third-order valence-electron chi connectivity index (χ3n) is 3.94. The van der Waals surface area contributed by atoms with Gasteiger partial charge in [-0.3, -0.25) is 14.5 Å². The number of anilines is 1. The van der Waals surface area contributed by atoms with Gasteiger partial charge in [-0.15, -0.1) is 0 Å². The van der Waals surface area contributed by atoms with E-state index in [2.05, 4.69) is 10.1 Å². The molecule has 0 aromatic heterocycles. The number of nitrogens with zero attached hydrogens (tertiary/aromatic N) is 1. The predicted molar refractivity (Wildman–Crippen MR) is 101 cm³/mol. The Morgan fingerprint density at radius 2 is 1.63 bits per heavy atom. The zero-order chi connectivity index (χ0) is 19.6. The number of benzene rings is 2. The summed E-state index contributed by atoms with van der Waals surface area (Å²) >= 11 is 11.9. The maximum atomic E-state index is 12.6. The van der Waals surface area contributed by atoms with Crippen molar-refractivity contribution >= 4 is 46.7 Å². The molecule has 0 spiro atoms. The van der Waals surface area contributed by atoms with E-state index in [9.17, 15) is 14.4 Å². The predicted octanol–water partition coefficient (Wildman–Crippen LogP) is 3.56. The summed E-state index contributed by atoms with van der Waals surface area (Å²) < 4.78 is 4.63. The molecule has 8 heteroatoms. The summed E-state index contributed by atoms with van der Waals surface area (Å²) in [5.41, 5.74) is 1.60. The number of nitrogens with one attached hydrogen (secondary N) is 1. The van der Waals surface area contributed by atoms with Crippen molar-refractivity contribution in [2.45, 2.75) is 6.54 Å². The highest BCUT2D eigenvalue weighted by atomic mass is 35.5. The molecule has 1 aliphatic rings. The second-order valence-electron chi connectivity index (χ2n) is 5.71. The van der Waals surface area contributed by atoms with E-state index in [-0.39, 0.29) is 17.3 Å². The Bertz CT molecular complexity index is 937. The van der Waals surface area contributed by atoms with Crippen molar-refractivity contribution in [3.63, 3.8) is 0 Å². The number of halogens is 2. The molecule has 27 heavy (non-hydrogen) atoms. The fourth-order valence-corrected chi connectivity index (χ4v) is 2.88. The monoisotopic (exact) mass is 404 g/mol. The zero-order valence-corrected chi connectivity index (χ0v) is 15.7. The molecule has 0 bridgehead atoms. The van der Waals surface area contributed by atoms with Gasteiger partial charge < -0.3 is 10.1 Å². The molecule has 2 amide bonds. The Morgan fingerprint density at radius 1 is 1.00 bits per heavy atom. The smallest absolute Gasteiger partial charge is 0.337 e. The number of hydrogen-bond donors (Lipinski definition) is 1. The van der Waals surface area contributed by atoms with Crippen LogP contribution in [0.2, 0.25) is 5.02 Å². The molecule has 0 radical (unpaired) electrons. The minimum absolute atomic E-state index is 0.0125. The van der Waals surface area contributed by atoms with E-state index in [1.807, 2.05) is 0 Å². The van der Waals surface area contributed by atoms with Crippen LogP contribution in [0.3, 0.4) is 0 Å². The van der Waals surface area contributed by atoms with Crippen LogP contribution < -0.4 is 5.32 Å². The number of methoxy groups -OCH3 is 1. The second-order valence-corrected chi connectivity index (χ2v) is 6.52. The van der Waals surface area contributed by atoms with Gasteiger partial charge >= 0.3 is 5.97 Å². The van der Waals surface area contributed by atoms with Crippen LogP contribution in [0.1, 0.15) is 15.9 Å². The molecule has 2 aromatic rings. The topological polar surface area (TPSA) is 75.7 Å². The van der Waals surface area contributed by atoms with E-state index in [0.29, 0.717) is 16.3 Å². The Labute approximate surface area is 165 Å². The molecule has 1 N–H and O–H groups in total. The number of carbonyl (C=O) groups excluding carboxylic acids is 3. The first kappa shape index (κ1) is 18.9. The van der Waals surface area contributed by atoms with Crippen molar-refractivity contribution < 1.29 is 19.1 Å². The Kier molecular flexibility index (Phi) is 5.48. The highest BCUT2D eigenvalue weighted by molar-refractivity contribution is 6.48. The van der Waals surface area contributed by atoms with E-state index in [1.54, 1.807) is 36.4 Å². The Morgan fingerprint density at radius 3 is 2.22 bits per heavy atom. The molecule has 0 aliphatic carbocycles. The van der Waals surface area contributed by atoms with Crippen LogP contribution >= 0.6 is 23.2 Å². The van der Waals surface area contributed by atoms with Gasteiger partial charge in [-0.25, -0.2) is 4.79 Å². The van der Waals surface area contributed by atoms with E-state index in [4.69, 9.17) is 23.2 Å². The number of esters is 1. The maximum absolute atomic E-state index is 12.6. The van der Waals surface area contributed by atoms with Gasteiger partial charge in [0.05, 0.1) is 19.2 Å². The molecule has 3 rings (SSSR count). The van der Waals surface area contributed by atoms with Gasteiger partial charge in [0.15, 0.2) is 0 Å². The van der Waals surface area contributed by atoms with Crippen molar-refractivity contribution in [3.05, 3.63) is 75.4 Å². The highest BCUT2D eigenvalue weighted by Crippen LogP contribution is 2.27. The Hall–Kier alpha value is -2.83. The summed E-state index contributed by atoms with van der Waals surface area (Å²) in [6.45, 7) is 0.0809. The van der Waals surface area contributed by atoms with Gasteiger partial charge in [0.25, 0.3) is 11.8 Å². The van der Waals surface area contributed by atoms with Crippen LogP contribution in [-0.2, 0) is 20.9 Å². The average Bonchev–Trinajstić information content (AvgIpc) is 2.87. The SMILES string of the molecule is COC(=O)c1ccc(NC2=C(Cl)C(=O)N(Cc3ccc(Cl)cc3)C2=O)cc1. The molecule has 0 saturated heterocycles. The van der Waals surface area contributed by atoms with Crippen molar-refractivity contribution in [3.8, 4) is 0 Å². The van der Waals surface area contributed by atoms with Crippen molar-refractivity contribution in [1.29, 1.82) is 0 Å². The van der Waals surface area contributed by atoms with Gasteiger partial charge in [-0.1, -0.05) is 35.3 Å². The van der Waals surface area contributed by atoms with Gasteiger partial charge in [-0.05, 0) is 42.0 Å². The van der Waals surface area contributed by atoms with Crippen LogP contribution in [0.15, 0.2) is 59.3 Å². The number of hydrogen-bond acceptors (Lipinski definition) is 5. The molecule has 0 saturated carbocycles. The number of amides is 2. The van der Waals surface area contributed by atoms with Crippen LogP contribution in [-0.4, -0.2) is 29.8 Å². The van der Waals surface area contributed by atoms with Crippen LogP contribution in [0.4, 0.5) is 5.69 Å². The molecular formula is C19H14Cl2N2O4. The fourth-order valence-electron chi connectivity index (χ4n) is 2.52. The lowest BCUT2D eigenvalue weighted by Gasteiger charge is -2.15. The van der Waals surface area contributed by atoms with E-state index in [1.165, 1.54) is 19.2 Å². The summed E-state index contributed by atoms with van der Waals surface area (Å²) in [4.78, 5) is 37.5. The maximum Gasteiger partial charge on any atom is 0.337 e. The molecule has 2 aromatic carbocycles. The normalized spacial score (nSPS) is 14.0. The van der Waals surface area contributed by atoms with E-state index in [0.717, 1.165) is 10.5 Å². The molecular weight excluding hydrogens is 391 g/mol. The molecule has 0 fully saturated rings. The number of rotatable bonds is 5. The summed E-state index contributed by atoms with van der Waals surface area (Å²) in [5.74, 6) is -1.58. The molecule has 0 unspecified atom stereocenters. The zero-order valence-electron chi connectivity index (χ0n) is 14.2. The van der Waals surface area contributed by atoms with E-state index < -0.39 is 17.8 Å². The number of imide groups is 1. The van der Waals surface area contributed by atoms with Crippen LogP contribution in [0.25, 0.3) is 0 Å². The van der Waals surface area contributed by atoms with Crippen LogP contribution in [0.5, 0.6) is 0 Å². The molecule has 0 atom stereocenters. The lowest BCUT2D eigenvalue weighted by atomic mass is 10.2. The minimum Gasteiger partial charge on any atom is -0.465 e. The number of ether oxygens (including phenoxy) is 1.